The predicted octanol–water partition coefficient (Wildman–Crippen LogP) is 1.99. The third-order valence-corrected chi connectivity index (χ3v) is 3.11. The van der Waals surface area contributed by atoms with Crippen molar-refractivity contribution in [2.75, 3.05) is 7.11 Å². The van der Waals surface area contributed by atoms with Crippen molar-refractivity contribution >= 4 is 23.2 Å². The van der Waals surface area contributed by atoms with Gasteiger partial charge in [-0.25, -0.2) is 9.59 Å². The van der Waals surface area contributed by atoms with E-state index in [-0.39, 0.29) is 17.0 Å². The number of carbonyl (C=O) groups excluding carboxylic acids is 2. The Morgan fingerprint density at radius 2 is 2.13 bits per heavy atom. The van der Waals surface area contributed by atoms with Crippen LogP contribution >= 0.6 is 0 Å². The number of methoxy groups -OCH3 is 1. The lowest BCUT2D eigenvalue weighted by Crippen LogP contribution is -2.16. The molecule has 1 atom stereocenters. The predicted molar refractivity (Wildman–Crippen MR) is 78.4 cm³/mol. The molecule has 0 fully saturated rings. The number of nitro groups is 1. The molecule has 1 aliphatic heterocycles. The average molecular weight is 319 g/mol. The van der Waals surface area contributed by atoms with Gasteiger partial charge < -0.3 is 14.2 Å². The minimum absolute atomic E-state index is 0.0161. The summed E-state index contributed by atoms with van der Waals surface area (Å²) in [5.74, 6) is -1.39. The molecule has 1 aromatic rings. The first-order valence-corrected chi connectivity index (χ1v) is 6.45. The van der Waals surface area contributed by atoms with E-state index in [1.165, 1.54) is 38.3 Å². The van der Waals surface area contributed by atoms with Crippen LogP contribution in [-0.4, -0.2) is 30.3 Å². The van der Waals surface area contributed by atoms with Crippen LogP contribution in [0.15, 0.2) is 36.4 Å². The van der Waals surface area contributed by atoms with Gasteiger partial charge in [0.1, 0.15) is 0 Å². The fraction of sp³-hybridized carbons (Fsp3) is 0.200. The van der Waals surface area contributed by atoms with Crippen LogP contribution in [0.25, 0.3) is 5.57 Å². The molecule has 1 aromatic carbocycles. The second kappa shape index (κ2) is 6.30. The van der Waals surface area contributed by atoms with Crippen molar-refractivity contribution in [1.29, 1.82) is 0 Å². The first-order chi connectivity index (χ1) is 10.8. The Balaban J connectivity index is 2.35. The lowest BCUT2D eigenvalue weighted by Gasteiger charge is -2.13. The number of cyclic esters (lactones) is 1. The lowest BCUT2D eigenvalue weighted by molar-refractivity contribution is -0.386. The molecular formula is C15H13NO7. The summed E-state index contributed by atoms with van der Waals surface area (Å²) in [4.78, 5) is 33.3. The zero-order valence-electron chi connectivity index (χ0n) is 12.4. The first-order valence-electron chi connectivity index (χ1n) is 6.45. The SMILES string of the molecule is C=C(C(=O)OC)c1ccc([N+](=O)[O-])c(OC2C=C(C)C(=O)O2)c1. The van der Waals surface area contributed by atoms with Crippen LogP contribution in [0.2, 0.25) is 0 Å². The van der Waals surface area contributed by atoms with E-state index in [0.29, 0.717) is 11.1 Å². The Morgan fingerprint density at radius 3 is 2.65 bits per heavy atom. The van der Waals surface area contributed by atoms with Gasteiger partial charge in [-0.2, -0.15) is 0 Å². The van der Waals surface area contributed by atoms with Gasteiger partial charge in [0.05, 0.1) is 17.6 Å². The van der Waals surface area contributed by atoms with Crippen molar-refractivity contribution in [2.24, 2.45) is 0 Å². The zero-order valence-corrected chi connectivity index (χ0v) is 12.4. The summed E-state index contributed by atoms with van der Waals surface area (Å²) in [5.41, 5.74) is 0.318. The molecule has 0 aliphatic carbocycles. The highest BCUT2D eigenvalue weighted by atomic mass is 16.7. The standard InChI is InChI=1S/C15H13NO7/c1-8-6-13(23-14(8)17)22-12-7-10(9(2)15(18)21-3)4-5-11(12)16(19)20/h4-7,13H,2H2,1,3H3. The molecule has 0 aromatic heterocycles. The monoisotopic (exact) mass is 319 g/mol. The van der Waals surface area contributed by atoms with Gasteiger partial charge in [0.2, 0.25) is 5.75 Å². The van der Waals surface area contributed by atoms with E-state index in [2.05, 4.69) is 11.3 Å². The van der Waals surface area contributed by atoms with Crippen molar-refractivity contribution < 1.29 is 28.7 Å². The minimum Gasteiger partial charge on any atom is -0.465 e. The van der Waals surface area contributed by atoms with E-state index < -0.39 is 23.2 Å². The normalized spacial score (nSPS) is 16.3. The Hall–Kier alpha value is -3.16. The van der Waals surface area contributed by atoms with Gasteiger partial charge in [0, 0.05) is 17.7 Å². The van der Waals surface area contributed by atoms with Crippen LogP contribution in [0, 0.1) is 10.1 Å². The first kappa shape index (κ1) is 16.2. The quantitative estimate of drug-likeness (QED) is 0.353. The summed E-state index contributed by atoms with van der Waals surface area (Å²) >= 11 is 0. The van der Waals surface area contributed by atoms with Gasteiger partial charge in [-0.15, -0.1) is 0 Å². The maximum absolute atomic E-state index is 11.5. The summed E-state index contributed by atoms with van der Waals surface area (Å²) in [7, 11) is 1.20. The number of hydrogen-bond acceptors (Lipinski definition) is 7. The highest BCUT2D eigenvalue weighted by Crippen LogP contribution is 2.32. The topological polar surface area (TPSA) is 105 Å². The van der Waals surface area contributed by atoms with Crippen molar-refractivity contribution in [3.63, 3.8) is 0 Å². The Labute approximate surface area is 131 Å². The number of nitro benzene ring substituents is 1. The van der Waals surface area contributed by atoms with Gasteiger partial charge in [-0.05, 0) is 24.6 Å². The number of benzene rings is 1. The Morgan fingerprint density at radius 1 is 1.43 bits per heavy atom. The van der Waals surface area contributed by atoms with Crippen molar-refractivity contribution in [3.8, 4) is 5.75 Å². The van der Waals surface area contributed by atoms with Crippen LogP contribution in [0.3, 0.4) is 0 Å². The summed E-state index contributed by atoms with van der Waals surface area (Å²) in [6, 6.07) is 3.80. The van der Waals surface area contributed by atoms with E-state index in [1.807, 2.05) is 0 Å². The fourth-order valence-corrected chi connectivity index (χ4v) is 1.88. The summed E-state index contributed by atoms with van der Waals surface area (Å²) < 4.78 is 14.8. The molecule has 0 bridgehead atoms. The fourth-order valence-electron chi connectivity index (χ4n) is 1.88. The molecule has 1 unspecified atom stereocenters. The average Bonchev–Trinajstić information content (AvgIpc) is 2.83. The second-order valence-electron chi connectivity index (χ2n) is 4.65. The van der Waals surface area contributed by atoms with Gasteiger partial charge in [-0.1, -0.05) is 6.58 Å². The van der Waals surface area contributed by atoms with Crippen LogP contribution in [0.1, 0.15) is 12.5 Å². The van der Waals surface area contributed by atoms with Crippen molar-refractivity contribution in [3.05, 3.63) is 52.1 Å². The molecule has 0 saturated carbocycles. The van der Waals surface area contributed by atoms with Gasteiger partial charge in [0.15, 0.2) is 0 Å². The maximum atomic E-state index is 11.5. The van der Waals surface area contributed by atoms with E-state index in [1.54, 1.807) is 0 Å². The van der Waals surface area contributed by atoms with Crippen molar-refractivity contribution in [2.45, 2.75) is 13.2 Å². The molecule has 1 aliphatic rings. The molecule has 0 amide bonds. The lowest BCUT2D eigenvalue weighted by atomic mass is 10.1. The molecule has 120 valence electrons. The molecule has 0 saturated heterocycles. The number of ether oxygens (including phenoxy) is 3. The second-order valence-corrected chi connectivity index (χ2v) is 4.65. The van der Waals surface area contributed by atoms with Crippen molar-refractivity contribution in [1.82, 2.24) is 0 Å². The molecule has 0 N–H and O–H groups in total. The molecule has 0 radical (unpaired) electrons. The molecule has 23 heavy (non-hydrogen) atoms. The largest absolute Gasteiger partial charge is 0.465 e. The number of nitrogens with zero attached hydrogens (tertiary/aromatic N) is 1. The van der Waals surface area contributed by atoms with Crippen LogP contribution in [-0.2, 0) is 19.1 Å². The summed E-state index contributed by atoms with van der Waals surface area (Å²) in [5, 5.41) is 11.1. The molecule has 8 heteroatoms. The van der Waals surface area contributed by atoms with E-state index in [0.717, 1.165) is 0 Å². The summed E-state index contributed by atoms with van der Waals surface area (Å²) in [6.07, 6.45) is 0.330. The van der Waals surface area contributed by atoms with Gasteiger partial charge >= 0.3 is 17.6 Å². The number of esters is 2. The van der Waals surface area contributed by atoms with Crippen LogP contribution < -0.4 is 4.74 Å². The van der Waals surface area contributed by atoms with Gasteiger partial charge in [-0.3, -0.25) is 10.1 Å². The zero-order chi connectivity index (χ0) is 17.1. The Kier molecular flexibility index (Phi) is 4.44. The summed E-state index contributed by atoms with van der Waals surface area (Å²) in [6.45, 7) is 5.11. The molecular weight excluding hydrogens is 306 g/mol. The Bertz CT molecular complexity index is 735. The van der Waals surface area contributed by atoms with E-state index in [4.69, 9.17) is 9.47 Å². The van der Waals surface area contributed by atoms with E-state index in [9.17, 15) is 19.7 Å². The van der Waals surface area contributed by atoms with Crippen LogP contribution in [0.5, 0.6) is 5.75 Å². The maximum Gasteiger partial charge on any atom is 0.337 e. The molecule has 2 rings (SSSR count). The number of carbonyl (C=O) groups is 2. The highest BCUT2D eigenvalue weighted by Gasteiger charge is 2.27. The highest BCUT2D eigenvalue weighted by molar-refractivity contribution is 6.15. The molecule has 8 nitrogen and oxygen atoms in total. The molecule has 1 heterocycles. The third kappa shape index (κ3) is 3.37. The minimum atomic E-state index is -1.07. The number of rotatable bonds is 5. The van der Waals surface area contributed by atoms with E-state index >= 15 is 0 Å². The molecule has 0 spiro atoms. The number of hydrogen-bond donors (Lipinski definition) is 0. The van der Waals surface area contributed by atoms with Crippen LogP contribution in [0.4, 0.5) is 5.69 Å². The third-order valence-electron chi connectivity index (χ3n) is 3.11. The van der Waals surface area contributed by atoms with Gasteiger partial charge in [0.25, 0.3) is 6.29 Å². The smallest absolute Gasteiger partial charge is 0.337 e.